The van der Waals surface area contributed by atoms with Gasteiger partial charge in [0, 0.05) is 23.6 Å². The predicted molar refractivity (Wildman–Crippen MR) is 115 cm³/mol. The number of rotatable bonds is 6. The van der Waals surface area contributed by atoms with E-state index in [0.717, 1.165) is 5.56 Å². The lowest BCUT2D eigenvalue weighted by Crippen LogP contribution is -2.19. The molecule has 0 bridgehead atoms. The Kier molecular flexibility index (Phi) is 5.68. The Morgan fingerprint density at radius 3 is 2.84 bits per heavy atom. The molecule has 4 rings (SSSR count). The summed E-state index contributed by atoms with van der Waals surface area (Å²) in [6.07, 6.45) is 4.65. The number of hydrogen-bond acceptors (Lipinski definition) is 6. The molecule has 4 aromatic rings. The summed E-state index contributed by atoms with van der Waals surface area (Å²) in [4.78, 5) is 28.8. The summed E-state index contributed by atoms with van der Waals surface area (Å²) in [6.45, 7) is 3.82. The zero-order valence-electron chi connectivity index (χ0n) is 16.9. The van der Waals surface area contributed by atoms with E-state index in [-0.39, 0.29) is 19.1 Å². The molecule has 3 aromatic heterocycles. The average molecular weight is 439 g/mol. The molecule has 9 nitrogen and oxygen atoms in total. The number of aryl methyl sites for hydroxylation is 1. The molecule has 10 heteroatoms. The largest absolute Gasteiger partial charge is 0.462 e. The van der Waals surface area contributed by atoms with Crippen molar-refractivity contribution in [2.75, 3.05) is 11.9 Å². The van der Waals surface area contributed by atoms with E-state index in [1.165, 1.54) is 10.9 Å². The maximum absolute atomic E-state index is 12.4. The fourth-order valence-electron chi connectivity index (χ4n) is 3.14. The monoisotopic (exact) mass is 438 g/mol. The van der Waals surface area contributed by atoms with Gasteiger partial charge in [-0.25, -0.2) is 14.3 Å². The van der Waals surface area contributed by atoms with Crippen LogP contribution in [0, 0.1) is 6.92 Å². The van der Waals surface area contributed by atoms with E-state index >= 15 is 0 Å². The van der Waals surface area contributed by atoms with Crippen LogP contribution in [0.5, 0.6) is 0 Å². The van der Waals surface area contributed by atoms with Crippen LogP contribution in [0.1, 0.15) is 23.0 Å². The zero-order chi connectivity index (χ0) is 22.0. The van der Waals surface area contributed by atoms with Crippen molar-refractivity contribution in [3.63, 3.8) is 0 Å². The number of ether oxygens (including phenoxy) is 1. The summed E-state index contributed by atoms with van der Waals surface area (Å²) in [5.41, 5.74) is 3.48. The standard InChI is InChI=1S/C21H19ClN6O3/c1-3-31-21(30)16-10-24-28-18(7-8-23-20(16)28)14-5-4-6-15(9-14)25-19(29)12-27-11-17(22)13(2)26-27/h4-11H,3,12H2,1-2H3,(H,25,29). The molecule has 1 amide bonds. The third-order valence-corrected chi connectivity index (χ3v) is 4.90. The molecule has 0 aliphatic rings. The molecule has 0 radical (unpaired) electrons. The van der Waals surface area contributed by atoms with Crippen molar-refractivity contribution in [3.8, 4) is 11.3 Å². The molecular weight excluding hydrogens is 420 g/mol. The number of benzene rings is 1. The third-order valence-electron chi connectivity index (χ3n) is 4.53. The molecule has 0 unspecified atom stereocenters. The Labute approximate surface area is 182 Å². The Morgan fingerprint density at radius 1 is 1.26 bits per heavy atom. The quantitative estimate of drug-likeness (QED) is 0.463. The van der Waals surface area contributed by atoms with E-state index in [4.69, 9.17) is 16.3 Å². The van der Waals surface area contributed by atoms with Gasteiger partial charge in [0.1, 0.15) is 12.1 Å². The predicted octanol–water partition coefficient (Wildman–Crippen LogP) is 3.37. The topological polar surface area (TPSA) is 103 Å². The van der Waals surface area contributed by atoms with Crippen molar-refractivity contribution in [2.45, 2.75) is 20.4 Å². The molecule has 0 saturated heterocycles. The van der Waals surface area contributed by atoms with Gasteiger partial charge in [0.15, 0.2) is 5.65 Å². The highest BCUT2D eigenvalue weighted by atomic mass is 35.5. The van der Waals surface area contributed by atoms with E-state index in [1.807, 2.05) is 18.2 Å². The van der Waals surface area contributed by atoms with Gasteiger partial charge in [-0.15, -0.1) is 0 Å². The minimum absolute atomic E-state index is 0.0410. The summed E-state index contributed by atoms with van der Waals surface area (Å²) < 4.78 is 8.13. The number of fused-ring (bicyclic) bond motifs is 1. The smallest absolute Gasteiger partial charge is 0.343 e. The van der Waals surface area contributed by atoms with Gasteiger partial charge in [-0.3, -0.25) is 9.48 Å². The van der Waals surface area contributed by atoms with Gasteiger partial charge in [-0.1, -0.05) is 23.7 Å². The van der Waals surface area contributed by atoms with E-state index in [2.05, 4.69) is 20.5 Å². The number of hydrogen-bond donors (Lipinski definition) is 1. The van der Waals surface area contributed by atoms with Crippen molar-refractivity contribution >= 4 is 34.8 Å². The van der Waals surface area contributed by atoms with Crippen LogP contribution in [0.3, 0.4) is 0 Å². The summed E-state index contributed by atoms with van der Waals surface area (Å²) in [7, 11) is 0. The van der Waals surface area contributed by atoms with Crippen molar-refractivity contribution in [1.29, 1.82) is 0 Å². The summed E-state index contributed by atoms with van der Waals surface area (Å²) in [5.74, 6) is -0.711. The molecule has 31 heavy (non-hydrogen) atoms. The molecule has 0 saturated carbocycles. The van der Waals surface area contributed by atoms with Crippen LogP contribution in [0.4, 0.5) is 5.69 Å². The van der Waals surface area contributed by atoms with Crippen LogP contribution in [0.2, 0.25) is 5.02 Å². The molecule has 3 heterocycles. The molecular formula is C21H19ClN6O3. The van der Waals surface area contributed by atoms with E-state index < -0.39 is 5.97 Å². The summed E-state index contributed by atoms with van der Waals surface area (Å²) in [6, 6.07) is 9.09. The number of anilines is 1. The number of carbonyl (C=O) groups excluding carboxylic acids is 2. The highest BCUT2D eigenvalue weighted by molar-refractivity contribution is 6.31. The highest BCUT2D eigenvalue weighted by Crippen LogP contribution is 2.24. The average Bonchev–Trinajstić information content (AvgIpc) is 3.31. The Morgan fingerprint density at radius 2 is 2.10 bits per heavy atom. The van der Waals surface area contributed by atoms with Gasteiger partial charge < -0.3 is 10.1 Å². The zero-order valence-corrected chi connectivity index (χ0v) is 17.6. The molecule has 1 N–H and O–H groups in total. The van der Waals surface area contributed by atoms with Gasteiger partial charge in [0.25, 0.3) is 0 Å². The van der Waals surface area contributed by atoms with Crippen LogP contribution in [0.15, 0.2) is 48.9 Å². The molecule has 0 aliphatic heterocycles. The van der Waals surface area contributed by atoms with Gasteiger partial charge in [-0.05, 0) is 32.0 Å². The Balaban J connectivity index is 1.59. The third kappa shape index (κ3) is 4.26. The number of nitrogens with zero attached hydrogens (tertiary/aromatic N) is 5. The van der Waals surface area contributed by atoms with Crippen LogP contribution in [-0.4, -0.2) is 42.9 Å². The first-order valence-corrected chi connectivity index (χ1v) is 9.93. The van der Waals surface area contributed by atoms with E-state index in [0.29, 0.717) is 33.3 Å². The summed E-state index contributed by atoms with van der Waals surface area (Å²) >= 11 is 5.99. The van der Waals surface area contributed by atoms with Crippen molar-refractivity contribution < 1.29 is 14.3 Å². The minimum Gasteiger partial charge on any atom is -0.462 e. The Hall–Kier alpha value is -3.72. The van der Waals surface area contributed by atoms with Gasteiger partial charge >= 0.3 is 5.97 Å². The van der Waals surface area contributed by atoms with Crippen LogP contribution < -0.4 is 5.32 Å². The molecule has 0 atom stereocenters. The van der Waals surface area contributed by atoms with Crippen molar-refractivity contribution in [1.82, 2.24) is 24.4 Å². The molecule has 0 spiro atoms. The first-order valence-electron chi connectivity index (χ1n) is 9.56. The lowest BCUT2D eigenvalue weighted by molar-refractivity contribution is -0.116. The summed E-state index contributed by atoms with van der Waals surface area (Å²) in [5, 5.41) is 11.9. The lowest BCUT2D eigenvalue weighted by Gasteiger charge is -2.09. The number of halogens is 1. The Bertz CT molecular complexity index is 1260. The molecule has 158 valence electrons. The first kappa shape index (κ1) is 20.5. The van der Waals surface area contributed by atoms with Crippen LogP contribution in [0.25, 0.3) is 16.9 Å². The second kappa shape index (κ2) is 8.57. The van der Waals surface area contributed by atoms with Gasteiger partial charge in [0.2, 0.25) is 5.91 Å². The number of amides is 1. The lowest BCUT2D eigenvalue weighted by atomic mass is 10.1. The molecule has 0 aliphatic carbocycles. The van der Waals surface area contributed by atoms with Crippen molar-refractivity contribution in [2.24, 2.45) is 0 Å². The maximum Gasteiger partial charge on any atom is 0.343 e. The van der Waals surface area contributed by atoms with Gasteiger partial charge in [0.05, 0.1) is 29.2 Å². The fourth-order valence-corrected chi connectivity index (χ4v) is 3.29. The SMILES string of the molecule is CCOC(=O)c1cnn2c(-c3cccc(NC(=O)Cn4cc(Cl)c(C)n4)c3)ccnc12. The number of esters is 1. The molecule has 0 fully saturated rings. The van der Waals surface area contributed by atoms with Gasteiger partial charge in [-0.2, -0.15) is 10.2 Å². The normalized spacial score (nSPS) is 10.9. The minimum atomic E-state index is -0.475. The first-order chi connectivity index (χ1) is 15.0. The second-order valence-corrected chi connectivity index (χ2v) is 7.14. The highest BCUT2D eigenvalue weighted by Gasteiger charge is 2.17. The maximum atomic E-state index is 12.4. The fraction of sp³-hybridized carbons (Fsp3) is 0.190. The van der Waals surface area contributed by atoms with Crippen molar-refractivity contribution in [3.05, 3.63) is 65.2 Å². The van der Waals surface area contributed by atoms with Crippen LogP contribution in [-0.2, 0) is 16.1 Å². The van der Waals surface area contributed by atoms with Crippen LogP contribution >= 0.6 is 11.6 Å². The second-order valence-electron chi connectivity index (χ2n) is 6.73. The number of nitrogens with one attached hydrogen (secondary N) is 1. The number of carbonyl (C=O) groups is 2. The van der Waals surface area contributed by atoms with E-state index in [9.17, 15) is 9.59 Å². The number of aromatic nitrogens is 5. The van der Waals surface area contributed by atoms with E-state index in [1.54, 1.807) is 42.9 Å². The molecule has 1 aromatic carbocycles.